The van der Waals surface area contributed by atoms with Gasteiger partial charge in [0.15, 0.2) is 0 Å². The van der Waals surface area contributed by atoms with Gasteiger partial charge in [-0.3, -0.25) is 0 Å². The highest BCUT2D eigenvalue weighted by Gasteiger charge is 2.48. The number of aliphatic imine (C=N–C) groups is 1. The minimum absolute atomic E-state index is 0.00633. The Morgan fingerprint density at radius 3 is 2.71 bits per heavy atom. The van der Waals surface area contributed by atoms with Crippen LogP contribution in [0, 0.1) is 22.3 Å². The third-order valence-corrected chi connectivity index (χ3v) is 3.94. The topological polar surface area (TPSA) is 62.4 Å². The van der Waals surface area contributed by atoms with Gasteiger partial charge in [0.25, 0.3) is 6.26 Å². The lowest BCUT2D eigenvalue weighted by atomic mass is 9.60. The maximum atomic E-state index is 10.1. The molecule has 0 bridgehead atoms. The molecule has 0 aromatic rings. The van der Waals surface area contributed by atoms with Crippen molar-refractivity contribution in [2.75, 3.05) is 6.54 Å². The lowest BCUT2D eigenvalue weighted by Crippen LogP contribution is -2.48. The minimum atomic E-state index is -0.101. The summed E-state index contributed by atoms with van der Waals surface area (Å²) in [5, 5.41) is 8.80. The van der Waals surface area contributed by atoms with Crippen molar-refractivity contribution in [1.29, 1.82) is 5.26 Å². The summed E-state index contributed by atoms with van der Waals surface area (Å²) < 4.78 is 5.31. The van der Waals surface area contributed by atoms with E-state index in [-0.39, 0.29) is 16.9 Å². The molecule has 0 saturated heterocycles. The third kappa shape index (κ3) is 3.08. The number of rotatable bonds is 4. The molecule has 0 radical (unpaired) electrons. The van der Waals surface area contributed by atoms with Crippen molar-refractivity contribution in [2.45, 2.75) is 52.6 Å². The van der Waals surface area contributed by atoms with Gasteiger partial charge in [0.2, 0.25) is 6.08 Å². The Labute approximate surface area is 103 Å². The Bertz CT molecular complexity index is 353. The van der Waals surface area contributed by atoms with Gasteiger partial charge >= 0.3 is 0 Å². The number of hydrogen-bond acceptors (Lipinski definition) is 4. The lowest BCUT2D eigenvalue weighted by molar-refractivity contribution is -0.0871. The number of ether oxygens (including phenoxy) is 1. The van der Waals surface area contributed by atoms with Gasteiger partial charge in [0.1, 0.15) is 6.10 Å². The second kappa shape index (κ2) is 5.33. The lowest BCUT2D eigenvalue weighted by Gasteiger charge is -2.48. The predicted molar refractivity (Wildman–Crippen MR) is 63.8 cm³/mol. The molecule has 1 rings (SSSR count). The predicted octanol–water partition coefficient (Wildman–Crippen LogP) is 2.79. The van der Waals surface area contributed by atoms with E-state index < -0.39 is 0 Å². The molecule has 2 atom stereocenters. The normalized spacial score (nSPS) is 31.1. The summed E-state index contributed by atoms with van der Waals surface area (Å²) in [7, 11) is 0. The number of nitrogens with zero attached hydrogens (tertiary/aromatic N) is 2. The van der Waals surface area contributed by atoms with Crippen molar-refractivity contribution in [3.05, 3.63) is 0 Å². The number of nitriles is 1. The molecule has 0 aromatic carbocycles. The van der Waals surface area contributed by atoms with Crippen LogP contribution in [0.15, 0.2) is 4.99 Å². The van der Waals surface area contributed by atoms with Crippen LogP contribution >= 0.6 is 0 Å². The van der Waals surface area contributed by atoms with Gasteiger partial charge < -0.3 is 4.74 Å². The van der Waals surface area contributed by atoms with Gasteiger partial charge in [-0.1, -0.05) is 27.2 Å². The first-order valence-corrected chi connectivity index (χ1v) is 6.05. The van der Waals surface area contributed by atoms with Crippen LogP contribution in [-0.4, -0.2) is 18.7 Å². The van der Waals surface area contributed by atoms with E-state index in [0.29, 0.717) is 6.54 Å². The second-order valence-electron chi connectivity index (χ2n) is 5.81. The molecule has 0 aromatic heterocycles. The Balaban J connectivity index is 2.85. The van der Waals surface area contributed by atoms with Crippen LogP contribution in [0.1, 0.15) is 46.5 Å². The smallest absolute Gasteiger partial charge is 0.286 e. The second-order valence-corrected chi connectivity index (χ2v) is 5.81. The number of isocyanates is 1. The SMILES string of the molecule is CC1(C)CCCC(C)(CCN=C=O)C1OC#N. The van der Waals surface area contributed by atoms with Crippen molar-refractivity contribution in [1.82, 2.24) is 0 Å². The van der Waals surface area contributed by atoms with Gasteiger partial charge in [0.05, 0.1) is 6.54 Å². The van der Waals surface area contributed by atoms with Gasteiger partial charge in [-0.05, 0) is 19.3 Å². The van der Waals surface area contributed by atoms with E-state index in [1.807, 2.05) is 6.26 Å². The van der Waals surface area contributed by atoms with Crippen molar-refractivity contribution < 1.29 is 9.53 Å². The molecule has 1 aliphatic carbocycles. The molecular formula is C13H20N2O2. The summed E-state index contributed by atoms with van der Waals surface area (Å²) >= 11 is 0. The highest BCUT2D eigenvalue weighted by molar-refractivity contribution is 5.32. The molecule has 0 amide bonds. The molecule has 2 unspecified atom stereocenters. The molecule has 1 fully saturated rings. The highest BCUT2D eigenvalue weighted by Crippen LogP contribution is 2.49. The fourth-order valence-electron chi connectivity index (χ4n) is 3.12. The maximum absolute atomic E-state index is 10.1. The monoisotopic (exact) mass is 236 g/mol. The van der Waals surface area contributed by atoms with Crippen molar-refractivity contribution >= 4 is 6.08 Å². The first kappa shape index (κ1) is 13.7. The summed E-state index contributed by atoms with van der Waals surface area (Å²) in [6, 6.07) is 0. The number of hydrogen-bond donors (Lipinski definition) is 0. The maximum Gasteiger partial charge on any atom is 0.286 e. The average Bonchev–Trinajstić information content (AvgIpc) is 2.24. The Morgan fingerprint density at radius 1 is 1.41 bits per heavy atom. The van der Waals surface area contributed by atoms with Crippen LogP contribution in [0.2, 0.25) is 0 Å². The summed E-state index contributed by atoms with van der Waals surface area (Å²) in [5.41, 5.74) is -0.0918. The van der Waals surface area contributed by atoms with Gasteiger partial charge in [-0.15, -0.1) is 0 Å². The van der Waals surface area contributed by atoms with Crippen LogP contribution in [0.25, 0.3) is 0 Å². The Morgan fingerprint density at radius 2 is 2.12 bits per heavy atom. The van der Waals surface area contributed by atoms with Crippen LogP contribution in [0.4, 0.5) is 0 Å². The Kier molecular flexibility index (Phi) is 4.31. The molecule has 4 nitrogen and oxygen atoms in total. The van der Waals surface area contributed by atoms with Gasteiger partial charge in [-0.25, -0.2) is 9.79 Å². The minimum Gasteiger partial charge on any atom is -0.423 e. The molecule has 0 heterocycles. The first-order valence-electron chi connectivity index (χ1n) is 6.05. The average molecular weight is 236 g/mol. The zero-order chi connectivity index (χ0) is 12.9. The molecule has 17 heavy (non-hydrogen) atoms. The summed E-state index contributed by atoms with van der Waals surface area (Å²) in [4.78, 5) is 13.7. The van der Waals surface area contributed by atoms with Gasteiger partial charge in [0, 0.05) is 10.8 Å². The van der Waals surface area contributed by atoms with Crippen LogP contribution in [-0.2, 0) is 9.53 Å². The molecule has 94 valence electrons. The third-order valence-electron chi connectivity index (χ3n) is 3.94. The van der Waals surface area contributed by atoms with E-state index in [2.05, 4.69) is 25.8 Å². The first-order chi connectivity index (χ1) is 7.96. The van der Waals surface area contributed by atoms with Crippen LogP contribution < -0.4 is 0 Å². The fraction of sp³-hybridized carbons (Fsp3) is 0.846. The quantitative estimate of drug-likeness (QED) is 0.428. The van der Waals surface area contributed by atoms with E-state index in [9.17, 15) is 4.79 Å². The molecular weight excluding hydrogens is 216 g/mol. The van der Waals surface area contributed by atoms with E-state index in [0.717, 1.165) is 25.7 Å². The summed E-state index contributed by atoms with van der Waals surface area (Å²) in [6.45, 7) is 6.85. The van der Waals surface area contributed by atoms with Crippen LogP contribution in [0.5, 0.6) is 0 Å². The molecule has 0 spiro atoms. The van der Waals surface area contributed by atoms with E-state index in [1.165, 1.54) is 0 Å². The van der Waals surface area contributed by atoms with Gasteiger partial charge in [-0.2, -0.15) is 5.26 Å². The van der Waals surface area contributed by atoms with E-state index >= 15 is 0 Å². The summed E-state index contributed by atoms with van der Waals surface area (Å²) in [5.74, 6) is 0. The van der Waals surface area contributed by atoms with E-state index in [1.54, 1.807) is 6.08 Å². The zero-order valence-corrected chi connectivity index (χ0v) is 10.8. The standard InChI is InChI=1S/C13H20N2O2/c1-12(2)5-4-6-13(3,7-8-15-10-16)11(12)17-9-14/h11H,4-8H2,1-3H3. The molecule has 0 aliphatic heterocycles. The Hall–Kier alpha value is -1.33. The van der Waals surface area contributed by atoms with E-state index in [4.69, 9.17) is 10.00 Å². The summed E-state index contributed by atoms with van der Waals surface area (Å²) in [6.07, 6.45) is 7.25. The number of carbonyl (C=O) groups excluding carboxylic acids is 1. The van der Waals surface area contributed by atoms with Crippen molar-refractivity contribution in [3.8, 4) is 6.26 Å². The zero-order valence-electron chi connectivity index (χ0n) is 10.8. The molecule has 0 N–H and O–H groups in total. The molecule has 1 saturated carbocycles. The van der Waals surface area contributed by atoms with Crippen molar-refractivity contribution in [2.24, 2.45) is 15.8 Å². The molecule has 4 heteroatoms. The highest BCUT2D eigenvalue weighted by atomic mass is 16.5. The van der Waals surface area contributed by atoms with Crippen LogP contribution in [0.3, 0.4) is 0 Å². The van der Waals surface area contributed by atoms with Crippen molar-refractivity contribution in [3.63, 3.8) is 0 Å². The fourth-order valence-corrected chi connectivity index (χ4v) is 3.12. The molecule has 1 aliphatic rings. The largest absolute Gasteiger partial charge is 0.423 e.